The third-order valence-electron chi connectivity index (χ3n) is 7.13. The summed E-state index contributed by atoms with van der Waals surface area (Å²) in [6.07, 6.45) is -4.72. The third kappa shape index (κ3) is 6.51. The Morgan fingerprint density at radius 3 is 2.62 bits per heavy atom. The second-order valence-electron chi connectivity index (χ2n) is 9.66. The number of pyridine rings is 1. The maximum atomic E-state index is 14.2. The monoisotopic (exact) mass is 605 g/mol. The number of alkyl halides is 3. The van der Waals surface area contributed by atoms with E-state index >= 15 is 0 Å². The van der Waals surface area contributed by atoms with Gasteiger partial charge in [-0.25, -0.2) is 4.79 Å². The van der Waals surface area contributed by atoms with Crippen molar-refractivity contribution in [2.75, 3.05) is 26.3 Å². The van der Waals surface area contributed by atoms with Crippen LogP contribution in [0.1, 0.15) is 52.0 Å². The van der Waals surface area contributed by atoms with E-state index in [2.05, 4.69) is 9.47 Å². The van der Waals surface area contributed by atoms with Crippen molar-refractivity contribution in [3.63, 3.8) is 0 Å². The Kier molecular flexibility index (Phi) is 9.40. The molecule has 0 radical (unpaired) electrons. The predicted molar refractivity (Wildman–Crippen MR) is 150 cm³/mol. The lowest BCUT2D eigenvalue weighted by Gasteiger charge is -2.33. The topological polar surface area (TPSA) is 113 Å². The number of nitrogens with zero attached hydrogens (tertiary/aromatic N) is 2. The van der Waals surface area contributed by atoms with Gasteiger partial charge in [-0.1, -0.05) is 36.4 Å². The van der Waals surface area contributed by atoms with Crippen molar-refractivity contribution in [1.29, 1.82) is 0 Å². The van der Waals surface area contributed by atoms with E-state index in [1.807, 2.05) is 49.4 Å². The summed E-state index contributed by atoms with van der Waals surface area (Å²) < 4.78 is 57.4. The minimum Gasteiger partial charge on any atom is -0.451 e. The van der Waals surface area contributed by atoms with Crippen LogP contribution >= 0.6 is 11.8 Å². The van der Waals surface area contributed by atoms with Crippen LogP contribution in [0.4, 0.5) is 18.0 Å². The number of hydrogen-bond acceptors (Lipinski definition) is 8. The molecule has 0 unspecified atom stereocenters. The molecule has 2 heterocycles. The molecule has 1 aliphatic rings. The van der Waals surface area contributed by atoms with Crippen LogP contribution in [0.25, 0.3) is 0 Å². The molecule has 1 aliphatic heterocycles. The van der Waals surface area contributed by atoms with Gasteiger partial charge < -0.3 is 25.0 Å². The summed E-state index contributed by atoms with van der Waals surface area (Å²) in [6.45, 7) is 1.67. The van der Waals surface area contributed by atoms with Gasteiger partial charge in [0.2, 0.25) is 18.0 Å². The Balaban J connectivity index is 1.74. The third-order valence-corrected chi connectivity index (χ3v) is 8.27. The Morgan fingerprint density at radius 1 is 1.17 bits per heavy atom. The van der Waals surface area contributed by atoms with Crippen molar-refractivity contribution in [3.05, 3.63) is 92.9 Å². The largest absolute Gasteiger partial charge is 0.510 e. The van der Waals surface area contributed by atoms with Crippen LogP contribution < -0.4 is 16.0 Å². The highest BCUT2D eigenvalue weighted by molar-refractivity contribution is 7.98. The van der Waals surface area contributed by atoms with Crippen molar-refractivity contribution in [1.82, 2.24) is 9.58 Å². The van der Waals surface area contributed by atoms with Crippen molar-refractivity contribution in [2.45, 2.75) is 49.1 Å². The summed E-state index contributed by atoms with van der Waals surface area (Å²) in [7, 11) is 1.05. The fraction of sp³-hybridized carbons (Fsp3) is 0.345. The number of aryl methyl sites for hydroxylation is 1. The van der Waals surface area contributed by atoms with E-state index in [0.717, 1.165) is 53.4 Å². The van der Waals surface area contributed by atoms with Crippen molar-refractivity contribution >= 4 is 23.8 Å². The first kappa shape index (κ1) is 30.8. The first-order valence-corrected chi connectivity index (χ1v) is 13.9. The van der Waals surface area contributed by atoms with Crippen LogP contribution in [0.3, 0.4) is 0 Å². The number of nitrogens with two attached hydrogens (primary N) is 1. The number of thioether (sulfide) groups is 1. The Bertz CT molecular complexity index is 1530. The molecule has 0 saturated heterocycles. The van der Waals surface area contributed by atoms with Gasteiger partial charge in [0.15, 0.2) is 5.69 Å². The van der Waals surface area contributed by atoms with Crippen LogP contribution in [0.15, 0.2) is 64.4 Å². The molecule has 3 aromatic rings. The Labute approximate surface area is 244 Å². The van der Waals surface area contributed by atoms with Crippen molar-refractivity contribution in [3.8, 4) is 5.75 Å². The molecular formula is C29H30F3N3O6S. The predicted octanol–water partition coefficient (Wildman–Crippen LogP) is 5.21. The van der Waals surface area contributed by atoms with Crippen LogP contribution in [-0.4, -0.2) is 54.3 Å². The molecular weight excluding hydrogens is 575 g/mol. The van der Waals surface area contributed by atoms with Gasteiger partial charge in [0, 0.05) is 35.4 Å². The summed E-state index contributed by atoms with van der Waals surface area (Å²) in [4.78, 5) is 39.4. The number of rotatable bonds is 8. The molecule has 0 bridgehead atoms. The van der Waals surface area contributed by atoms with E-state index in [-0.39, 0.29) is 18.9 Å². The normalized spacial score (nSPS) is 15.0. The molecule has 1 aromatic heterocycles. The number of hydrogen-bond donors (Lipinski definition) is 1. The number of fused-ring (bicyclic) bond motifs is 2. The Hall–Kier alpha value is -4.13. The molecule has 2 N–H and O–H groups in total. The quantitative estimate of drug-likeness (QED) is 0.212. The number of halogens is 3. The lowest BCUT2D eigenvalue weighted by atomic mass is 9.83. The van der Waals surface area contributed by atoms with Gasteiger partial charge >= 0.3 is 12.3 Å². The molecule has 13 heteroatoms. The lowest BCUT2D eigenvalue weighted by Crippen LogP contribution is -2.49. The van der Waals surface area contributed by atoms with E-state index in [9.17, 15) is 27.6 Å². The second-order valence-corrected chi connectivity index (χ2v) is 10.7. The summed E-state index contributed by atoms with van der Waals surface area (Å²) in [5, 5.41) is 0. The molecule has 2 aromatic carbocycles. The van der Waals surface area contributed by atoms with Crippen LogP contribution in [-0.2, 0) is 15.2 Å². The molecule has 4 rings (SSSR count). The number of amides is 1. The molecule has 42 heavy (non-hydrogen) atoms. The zero-order valence-electron chi connectivity index (χ0n) is 23.1. The molecule has 9 nitrogen and oxygen atoms in total. The molecule has 2 atom stereocenters. The summed E-state index contributed by atoms with van der Waals surface area (Å²) in [5.74, 6) is 4.50. The van der Waals surface area contributed by atoms with E-state index < -0.39 is 47.9 Å². The first-order valence-electron chi connectivity index (χ1n) is 13.0. The van der Waals surface area contributed by atoms with Crippen molar-refractivity contribution < 1.29 is 37.0 Å². The van der Waals surface area contributed by atoms with Gasteiger partial charge in [-0.3, -0.25) is 14.3 Å². The summed E-state index contributed by atoms with van der Waals surface area (Å²) in [5.41, 5.74) is 2.58. The van der Waals surface area contributed by atoms with E-state index in [0.29, 0.717) is 15.3 Å². The van der Waals surface area contributed by atoms with Crippen LogP contribution in [0.5, 0.6) is 5.75 Å². The highest BCUT2D eigenvalue weighted by Gasteiger charge is 2.44. The van der Waals surface area contributed by atoms with E-state index in [1.165, 1.54) is 0 Å². The van der Waals surface area contributed by atoms with Crippen LogP contribution in [0.2, 0.25) is 0 Å². The average molecular weight is 606 g/mol. The molecule has 0 saturated carbocycles. The SMILES string of the molecule is COC(=O)OCOc1c(C(=O)N(CC[C@@H]2c3ccccc3SCc3cccc(C)c32)[C@H](C)C(F)(F)F)n(N)ccc1=O. The van der Waals surface area contributed by atoms with Gasteiger partial charge in [-0.05, 0) is 48.6 Å². The minimum absolute atomic E-state index is 0.158. The zero-order chi connectivity index (χ0) is 30.6. The highest BCUT2D eigenvalue weighted by Crippen LogP contribution is 2.43. The summed E-state index contributed by atoms with van der Waals surface area (Å²) in [6, 6.07) is 12.4. The van der Waals surface area contributed by atoms with Gasteiger partial charge in [0.05, 0.1) is 7.11 Å². The Morgan fingerprint density at radius 2 is 1.90 bits per heavy atom. The van der Waals surface area contributed by atoms with Gasteiger partial charge in [0.25, 0.3) is 5.91 Å². The van der Waals surface area contributed by atoms with E-state index in [1.54, 1.807) is 11.8 Å². The maximum Gasteiger partial charge on any atom is 0.510 e. The van der Waals surface area contributed by atoms with Gasteiger partial charge in [-0.15, -0.1) is 11.8 Å². The molecule has 0 fully saturated rings. The molecule has 0 spiro atoms. The highest BCUT2D eigenvalue weighted by atomic mass is 32.2. The number of carbonyl (C=O) groups is 2. The second kappa shape index (κ2) is 12.8. The van der Waals surface area contributed by atoms with Gasteiger partial charge in [0.1, 0.15) is 6.04 Å². The summed E-state index contributed by atoms with van der Waals surface area (Å²) >= 11 is 1.65. The van der Waals surface area contributed by atoms with Crippen molar-refractivity contribution in [2.24, 2.45) is 0 Å². The standard InChI is InChI=1S/C29H30F3N3O6S/c1-17-7-6-8-19-15-42-23-10-5-4-9-20(23)21(24(17)19)11-13-34(18(2)29(30,31)32)27(37)25-26(22(36)12-14-35(25)33)40-16-41-28(38)39-3/h4-10,12,14,18,21H,11,13,15-16,33H2,1-3H3/t18-,21-/m1/s1. The van der Waals surface area contributed by atoms with Crippen LogP contribution in [0, 0.1) is 6.92 Å². The molecule has 0 aliphatic carbocycles. The maximum absolute atomic E-state index is 14.2. The first-order chi connectivity index (χ1) is 19.9. The molecule has 1 amide bonds. The fourth-order valence-corrected chi connectivity index (χ4v) is 6.12. The number of aromatic nitrogens is 1. The number of benzene rings is 2. The smallest absolute Gasteiger partial charge is 0.451 e. The number of methoxy groups -OCH3 is 1. The average Bonchev–Trinajstić information content (AvgIpc) is 3.11. The molecule has 224 valence electrons. The number of nitrogen functional groups attached to an aromatic ring is 1. The zero-order valence-corrected chi connectivity index (χ0v) is 24.0. The van der Waals surface area contributed by atoms with Gasteiger partial charge in [-0.2, -0.15) is 13.2 Å². The fourth-order valence-electron chi connectivity index (χ4n) is 5.00. The van der Waals surface area contributed by atoms with E-state index in [4.69, 9.17) is 10.6 Å². The minimum atomic E-state index is -4.79. The number of carbonyl (C=O) groups excluding carboxylic acids is 2. The lowest BCUT2D eigenvalue weighted by molar-refractivity contribution is -0.172. The number of ether oxygens (including phenoxy) is 3.